The number of benzene rings is 1. The lowest BCUT2D eigenvalue weighted by atomic mass is 9.99. The van der Waals surface area contributed by atoms with Gasteiger partial charge in [0.05, 0.1) is 0 Å². The van der Waals surface area contributed by atoms with E-state index in [2.05, 4.69) is 64.2 Å². The molecule has 0 aromatic heterocycles. The molecule has 0 fully saturated rings. The summed E-state index contributed by atoms with van der Waals surface area (Å²) in [7, 11) is 0. The molecular weight excluding hydrogens is 222 g/mol. The van der Waals surface area contributed by atoms with Crippen molar-refractivity contribution < 1.29 is 4.74 Å². The second kappa shape index (κ2) is 7.42. The third kappa shape index (κ3) is 5.09. The second-order valence-electron chi connectivity index (χ2n) is 5.37. The van der Waals surface area contributed by atoms with Crippen molar-refractivity contribution in [2.75, 3.05) is 6.54 Å². The molecule has 2 unspecified atom stereocenters. The number of rotatable bonds is 7. The minimum Gasteiger partial charge on any atom is -0.489 e. The lowest BCUT2D eigenvalue weighted by molar-refractivity contribution is 0.213. The zero-order valence-corrected chi connectivity index (χ0v) is 12.4. The normalized spacial score (nSPS) is 14.6. The first-order chi connectivity index (χ1) is 8.52. The molecule has 18 heavy (non-hydrogen) atoms. The summed E-state index contributed by atoms with van der Waals surface area (Å²) in [5.74, 6) is 1.58. The van der Waals surface area contributed by atoms with E-state index in [0.717, 1.165) is 12.3 Å². The molecule has 0 heterocycles. The van der Waals surface area contributed by atoms with Crippen LogP contribution in [-0.4, -0.2) is 18.7 Å². The average Bonchev–Trinajstić information content (AvgIpc) is 2.36. The van der Waals surface area contributed by atoms with Crippen LogP contribution in [0.2, 0.25) is 0 Å². The van der Waals surface area contributed by atoms with Crippen molar-refractivity contribution in [2.24, 2.45) is 0 Å². The van der Waals surface area contributed by atoms with Crippen molar-refractivity contribution in [2.45, 2.75) is 59.1 Å². The fraction of sp³-hybridized carbons (Fsp3) is 0.625. The highest BCUT2D eigenvalue weighted by Gasteiger charge is 2.06. The predicted octanol–water partition coefficient (Wildman–Crippen LogP) is 3.97. The topological polar surface area (TPSA) is 21.3 Å². The van der Waals surface area contributed by atoms with Crippen molar-refractivity contribution in [1.82, 2.24) is 5.32 Å². The summed E-state index contributed by atoms with van der Waals surface area (Å²) < 4.78 is 5.87. The molecule has 1 N–H and O–H groups in total. The maximum absolute atomic E-state index is 5.87. The van der Waals surface area contributed by atoms with Crippen molar-refractivity contribution in [3.63, 3.8) is 0 Å². The number of nitrogens with one attached hydrogen (secondary N) is 1. The zero-order valence-electron chi connectivity index (χ0n) is 12.4. The SMILES string of the molecule is CCC(C)c1ccc(OC(C)CNC(C)C)cc1. The van der Waals surface area contributed by atoms with Gasteiger partial charge in [-0.2, -0.15) is 0 Å². The largest absolute Gasteiger partial charge is 0.489 e. The molecule has 1 rings (SSSR count). The van der Waals surface area contributed by atoms with E-state index in [1.54, 1.807) is 0 Å². The molecule has 0 aliphatic rings. The van der Waals surface area contributed by atoms with Crippen LogP contribution in [0, 0.1) is 0 Å². The molecule has 102 valence electrons. The summed E-state index contributed by atoms with van der Waals surface area (Å²) >= 11 is 0. The average molecular weight is 249 g/mol. The first-order valence-corrected chi connectivity index (χ1v) is 7.03. The third-order valence-corrected chi connectivity index (χ3v) is 3.21. The highest BCUT2D eigenvalue weighted by atomic mass is 16.5. The molecule has 1 aromatic carbocycles. The maximum Gasteiger partial charge on any atom is 0.119 e. The predicted molar refractivity (Wildman–Crippen MR) is 78.4 cm³/mol. The number of hydrogen-bond acceptors (Lipinski definition) is 2. The van der Waals surface area contributed by atoms with Crippen LogP contribution in [0.15, 0.2) is 24.3 Å². The molecular formula is C16H27NO. The standard InChI is InChI=1S/C16H27NO/c1-6-13(4)15-7-9-16(10-8-15)18-14(5)11-17-12(2)3/h7-10,12-14,17H,6,11H2,1-5H3. The summed E-state index contributed by atoms with van der Waals surface area (Å²) in [6.07, 6.45) is 1.37. The van der Waals surface area contributed by atoms with Gasteiger partial charge in [0.2, 0.25) is 0 Å². The van der Waals surface area contributed by atoms with Crippen LogP contribution >= 0.6 is 0 Å². The highest BCUT2D eigenvalue weighted by Crippen LogP contribution is 2.21. The van der Waals surface area contributed by atoms with Crippen LogP contribution < -0.4 is 10.1 Å². The minimum absolute atomic E-state index is 0.196. The van der Waals surface area contributed by atoms with Gasteiger partial charge >= 0.3 is 0 Å². The molecule has 0 bridgehead atoms. The van der Waals surface area contributed by atoms with E-state index in [9.17, 15) is 0 Å². The molecule has 0 saturated heterocycles. The monoisotopic (exact) mass is 249 g/mol. The summed E-state index contributed by atoms with van der Waals surface area (Å²) in [6, 6.07) is 9.00. The van der Waals surface area contributed by atoms with Crippen LogP contribution in [0.1, 0.15) is 52.5 Å². The molecule has 2 nitrogen and oxygen atoms in total. The van der Waals surface area contributed by atoms with Crippen molar-refractivity contribution in [3.8, 4) is 5.75 Å². The fourth-order valence-electron chi connectivity index (χ4n) is 1.79. The van der Waals surface area contributed by atoms with E-state index >= 15 is 0 Å². The van der Waals surface area contributed by atoms with Gasteiger partial charge in [-0.05, 0) is 37.0 Å². The lowest BCUT2D eigenvalue weighted by Crippen LogP contribution is -2.33. The first kappa shape index (κ1) is 15.0. The van der Waals surface area contributed by atoms with Crippen LogP contribution in [0.25, 0.3) is 0 Å². The summed E-state index contributed by atoms with van der Waals surface area (Å²) in [4.78, 5) is 0. The highest BCUT2D eigenvalue weighted by molar-refractivity contribution is 5.29. The van der Waals surface area contributed by atoms with Crippen LogP contribution in [0.4, 0.5) is 0 Å². The van der Waals surface area contributed by atoms with E-state index in [1.165, 1.54) is 12.0 Å². The quantitative estimate of drug-likeness (QED) is 0.789. The Morgan fingerprint density at radius 3 is 2.17 bits per heavy atom. The Labute approximate surface area is 112 Å². The van der Waals surface area contributed by atoms with Gasteiger partial charge in [0, 0.05) is 12.6 Å². The van der Waals surface area contributed by atoms with Crippen molar-refractivity contribution in [1.29, 1.82) is 0 Å². The molecule has 0 radical (unpaired) electrons. The minimum atomic E-state index is 0.196. The molecule has 0 spiro atoms. The Morgan fingerprint density at radius 1 is 1.06 bits per heavy atom. The molecule has 1 aromatic rings. The first-order valence-electron chi connectivity index (χ1n) is 7.03. The van der Waals surface area contributed by atoms with Gasteiger partial charge in [0.15, 0.2) is 0 Å². The van der Waals surface area contributed by atoms with E-state index in [0.29, 0.717) is 12.0 Å². The van der Waals surface area contributed by atoms with Gasteiger partial charge in [-0.15, -0.1) is 0 Å². The van der Waals surface area contributed by atoms with Crippen molar-refractivity contribution in [3.05, 3.63) is 29.8 Å². The van der Waals surface area contributed by atoms with E-state index in [1.807, 2.05) is 0 Å². The van der Waals surface area contributed by atoms with E-state index in [4.69, 9.17) is 4.74 Å². The number of ether oxygens (including phenoxy) is 1. The molecule has 0 saturated carbocycles. The van der Waals surface area contributed by atoms with E-state index < -0.39 is 0 Å². The van der Waals surface area contributed by atoms with Crippen LogP contribution in [0.3, 0.4) is 0 Å². The Hall–Kier alpha value is -1.02. The maximum atomic E-state index is 5.87. The molecule has 2 heteroatoms. The van der Waals surface area contributed by atoms with Crippen molar-refractivity contribution >= 4 is 0 Å². The Morgan fingerprint density at radius 2 is 1.67 bits per heavy atom. The Balaban J connectivity index is 2.48. The van der Waals surface area contributed by atoms with E-state index in [-0.39, 0.29) is 6.10 Å². The fourth-order valence-corrected chi connectivity index (χ4v) is 1.79. The van der Waals surface area contributed by atoms with Gasteiger partial charge in [-0.1, -0.05) is 39.8 Å². The van der Waals surface area contributed by atoms with Gasteiger partial charge in [-0.3, -0.25) is 0 Å². The molecule has 0 aliphatic carbocycles. The van der Waals surface area contributed by atoms with Crippen LogP contribution in [-0.2, 0) is 0 Å². The second-order valence-corrected chi connectivity index (χ2v) is 5.37. The zero-order chi connectivity index (χ0) is 13.5. The Kier molecular flexibility index (Phi) is 6.20. The van der Waals surface area contributed by atoms with Gasteiger partial charge in [-0.25, -0.2) is 0 Å². The van der Waals surface area contributed by atoms with Gasteiger partial charge in [0.25, 0.3) is 0 Å². The van der Waals surface area contributed by atoms with Gasteiger partial charge < -0.3 is 10.1 Å². The third-order valence-electron chi connectivity index (χ3n) is 3.21. The Bertz CT molecular complexity index is 331. The molecule has 2 atom stereocenters. The van der Waals surface area contributed by atoms with Gasteiger partial charge in [0.1, 0.15) is 11.9 Å². The van der Waals surface area contributed by atoms with Crippen LogP contribution in [0.5, 0.6) is 5.75 Å². The summed E-state index contributed by atoms with van der Waals surface area (Å²) in [5, 5.41) is 3.38. The lowest BCUT2D eigenvalue weighted by Gasteiger charge is -2.17. The molecule has 0 aliphatic heterocycles. The summed E-state index contributed by atoms with van der Waals surface area (Å²) in [6.45, 7) is 11.7. The number of hydrogen-bond donors (Lipinski definition) is 1. The summed E-state index contributed by atoms with van der Waals surface area (Å²) in [5.41, 5.74) is 1.39. The molecule has 0 amide bonds. The smallest absolute Gasteiger partial charge is 0.119 e.